The molecule has 0 bridgehead atoms. The van der Waals surface area contributed by atoms with E-state index in [9.17, 15) is 18.0 Å². The number of halogens is 5. The topological polar surface area (TPSA) is 20.3 Å². The molecule has 1 unspecified atom stereocenters. The molecule has 0 radical (unpaired) electrons. The molecule has 1 atom stereocenters. The van der Waals surface area contributed by atoms with Crippen molar-refractivity contribution in [2.45, 2.75) is 23.8 Å². The molecule has 1 saturated heterocycles. The van der Waals surface area contributed by atoms with E-state index in [1.807, 2.05) is 0 Å². The van der Waals surface area contributed by atoms with Gasteiger partial charge >= 0.3 is 6.18 Å². The lowest BCUT2D eigenvalue weighted by molar-refractivity contribution is -0.137. The van der Waals surface area contributed by atoms with E-state index in [4.69, 9.17) is 0 Å². The Morgan fingerprint density at radius 3 is 2.65 bits per heavy atom. The van der Waals surface area contributed by atoms with Crippen LogP contribution in [-0.2, 0) is 6.18 Å². The molecule has 0 spiro atoms. The summed E-state index contributed by atoms with van der Waals surface area (Å²) >= 11 is 6.60. The number of alkyl halides is 4. The van der Waals surface area contributed by atoms with Crippen LogP contribution in [0.2, 0.25) is 0 Å². The highest BCUT2D eigenvalue weighted by Gasteiger charge is 2.32. The molecule has 1 amide bonds. The van der Waals surface area contributed by atoms with Crippen LogP contribution in [0.25, 0.3) is 0 Å². The highest BCUT2D eigenvalue weighted by molar-refractivity contribution is 9.10. The van der Waals surface area contributed by atoms with Gasteiger partial charge in [0.25, 0.3) is 5.91 Å². The zero-order valence-corrected chi connectivity index (χ0v) is 13.6. The maximum absolute atomic E-state index is 12.7. The minimum Gasteiger partial charge on any atom is -0.337 e. The van der Waals surface area contributed by atoms with Gasteiger partial charge in [0.05, 0.1) is 11.1 Å². The van der Waals surface area contributed by atoms with Gasteiger partial charge in [-0.25, -0.2) is 0 Å². The average Bonchev–Trinajstić information content (AvgIpc) is 2.37. The standard InChI is InChI=1S/C13H12Br2F3NO/c14-9-2-1-5-19(7-9)12(20)10-6-8(13(16,17)18)3-4-11(10)15/h3-4,6,9H,1-2,5,7H2. The van der Waals surface area contributed by atoms with Crippen molar-refractivity contribution >= 4 is 37.8 Å². The highest BCUT2D eigenvalue weighted by atomic mass is 79.9. The Labute approximate surface area is 131 Å². The van der Waals surface area contributed by atoms with Crippen molar-refractivity contribution in [3.8, 4) is 0 Å². The zero-order chi connectivity index (χ0) is 14.9. The second-order valence-corrected chi connectivity index (χ2v) is 6.83. The third kappa shape index (κ3) is 3.55. The van der Waals surface area contributed by atoms with Crippen molar-refractivity contribution in [3.63, 3.8) is 0 Å². The molecule has 0 aliphatic carbocycles. The molecule has 1 aromatic rings. The predicted molar refractivity (Wildman–Crippen MR) is 77.0 cm³/mol. The normalized spacial score (nSPS) is 20.1. The summed E-state index contributed by atoms with van der Waals surface area (Å²) in [6.07, 6.45) is -2.64. The fraction of sp³-hybridized carbons (Fsp3) is 0.462. The number of amides is 1. The van der Waals surface area contributed by atoms with E-state index in [2.05, 4.69) is 31.9 Å². The van der Waals surface area contributed by atoms with Gasteiger partial charge in [-0.05, 0) is 47.0 Å². The van der Waals surface area contributed by atoms with E-state index in [1.165, 1.54) is 6.07 Å². The van der Waals surface area contributed by atoms with E-state index in [-0.39, 0.29) is 16.3 Å². The third-order valence-electron chi connectivity index (χ3n) is 3.18. The number of hydrogen-bond acceptors (Lipinski definition) is 1. The Kier molecular flexibility index (Phi) is 4.79. The molecule has 0 saturated carbocycles. The van der Waals surface area contributed by atoms with Crippen LogP contribution in [0.1, 0.15) is 28.8 Å². The third-order valence-corrected chi connectivity index (χ3v) is 4.61. The van der Waals surface area contributed by atoms with E-state index in [0.29, 0.717) is 17.6 Å². The Morgan fingerprint density at radius 2 is 2.05 bits per heavy atom. The lowest BCUT2D eigenvalue weighted by Gasteiger charge is -2.30. The Bertz CT molecular complexity index is 519. The summed E-state index contributed by atoms with van der Waals surface area (Å²) in [5.41, 5.74) is -0.752. The van der Waals surface area contributed by atoms with Gasteiger partial charge in [0.1, 0.15) is 0 Å². The van der Waals surface area contributed by atoms with E-state index >= 15 is 0 Å². The quantitative estimate of drug-likeness (QED) is 0.621. The lowest BCUT2D eigenvalue weighted by atomic mass is 10.1. The first kappa shape index (κ1) is 15.8. The number of likely N-dealkylation sites (tertiary alicyclic amines) is 1. The summed E-state index contributed by atoms with van der Waals surface area (Å²) in [5, 5.41) is 0. The number of hydrogen-bond donors (Lipinski definition) is 0. The van der Waals surface area contributed by atoms with Gasteiger partial charge in [-0.3, -0.25) is 4.79 Å². The highest BCUT2D eigenvalue weighted by Crippen LogP contribution is 2.32. The molecule has 0 aromatic heterocycles. The fourth-order valence-corrected chi connectivity index (χ4v) is 3.24. The van der Waals surface area contributed by atoms with Gasteiger partial charge in [0, 0.05) is 22.4 Å². The molecule has 7 heteroatoms. The molecule has 1 aromatic carbocycles. The number of carbonyl (C=O) groups is 1. The van der Waals surface area contributed by atoms with Crippen LogP contribution in [0.3, 0.4) is 0 Å². The molecule has 2 nitrogen and oxygen atoms in total. The minimum absolute atomic E-state index is 0.0569. The Morgan fingerprint density at radius 1 is 1.35 bits per heavy atom. The van der Waals surface area contributed by atoms with Crippen LogP contribution >= 0.6 is 31.9 Å². The van der Waals surface area contributed by atoms with Crippen molar-refractivity contribution < 1.29 is 18.0 Å². The van der Waals surface area contributed by atoms with Crippen LogP contribution in [0, 0.1) is 0 Å². The smallest absolute Gasteiger partial charge is 0.337 e. The maximum Gasteiger partial charge on any atom is 0.416 e. The summed E-state index contributed by atoms with van der Waals surface area (Å²) in [4.78, 5) is 14.1. The second kappa shape index (κ2) is 6.05. The van der Waals surface area contributed by atoms with Gasteiger partial charge in [0.2, 0.25) is 0 Å². The molecule has 1 fully saturated rings. The molecular weight excluding hydrogens is 403 g/mol. The van der Waals surface area contributed by atoms with E-state index < -0.39 is 11.7 Å². The van der Waals surface area contributed by atoms with Gasteiger partial charge in [-0.15, -0.1) is 0 Å². The first-order chi connectivity index (χ1) is 9.29. The first-order valence-electron chi connectivity index (χ1n) is 6.09. The molecule has 1 heterocycles. The van der Waals surface area contributed by atoms with Gasteiger partial charge < -0.3 is 4.90 Å². The SMILES string of the molecule is O=C(c1cc(C(F)(F)F)ccc1Br)N1CCCC(Br)C1. The second-order valence-electron chi connectivity index (χ2n) is 4.68. The molecule has 20 heavy (non-hydrogen) atoms. The summed E-state index contributed by atoms with van der Waals surface area (Å²) in [6.45, 7) is 1.09. The van der Waals surface area contributed by atoms with Crippen molar-refractivity contribution in [1.29, 1.82) is 0 Å². The molecule has 0 N–H and O–H groups in total. The summed E-state index contributed by atoms with van der Waals surface area (Å²) in [5.74, 6) is -0.368. The number of carbonyl (C=O) groups excluding carboxylic acids is 1. The van der Waals surface area contributed by atoms with Crippen LogP contribution in [0.4, 0.5) is 13.2 Å². The number of rotatable bonds is 1. The molecule has 1 aliphatic heterocycles. The lowest BCUT2D eigenvalue weighted by Crippen LogP contribution is -2.40. The number of nitrogens with zero attached hydrogens (tertiary/aromatic N) is 1. The molecule has 1 aliphatic rings. The monoisotopic (exact) mass is 413 g/mol. The largest absolute Gasteiger partial charge is 0.416 e. The van der Waals surface area contributed by atoms with Crippen molar-refractivity contribution in [2.24, 2.45) is 0 Å². The number of benzene rings is 1. The van der Waals surface area contributed by atoms with Crippen LogP contribution in [-0.4, -0.2) is 28.7 Å². The van der Waals surface area contributed by atoms with Gasteiger partial charge in [-0.2, -0.15) is 13.2 Å². The van der Waals surface area contributed by atoms with Gasteiger partial charge in [-0.1, -0.05) is 15.9 Å². The van der Waals surface area contributed by atoms with Crippen molar-refractivity contribution in [3.05, 3.63) is 33.8 Å². The summed E-state index contributed by atoms with van der Waals surface area (Å²) < 4.78 is 38.5. The van der Waals surface area contributed by atoms with Crippen molar-refractivity contribution in [1.82, 2.24) is 4.90 Å². The number of piperidine rings is 1. The fourth-order valence-electron chi connectivity index (χ4n) is 2.15. The zero-order valence-electron chi connectivity index (χ0n) is 10.4. The van der Waals surface area contributed by atoms with Gasteiger partial charge in [0.15, 0.2) is 0 Å². The van der Waals surface area contributed by atoms with Crippen LogP contribution in [0.5, 0.6) is 0 Å². The minimum atomic E-state index is -4.45. The Hall–Kier alpha value is -0.560. The van der Waals surface area contributed by atoms with Crippen molar-refractivity contribution in [2.75, 3.05) is 13.1 Å². The van der Waals surface area contributed by atoms with Crippen LogP contribution in [0.15, 0.2) is 22.7 Å². The summed E-state index contributed by atoms with van der Waals surface area (Å²) in [7, 11) is 0. The maximum atomic E-state index is 12.7. The average molecular weight is 415 g/mol. The van der Waals surface area contributed by atoms with Crippen LogP contribution < -0.4 is 0 Å². The predicted octanol–water partition coefficient (Wildman–Crippen LogP) is 4.47. The first-order valence-corrected chi connectivity index (χ1v) is 7.80. The molecule has 110 valence electrons. The Balaban J connectivity index is 2.29. The van der Waals surface area contributed by atoms with E-state index in [0.717, 1.165) is 25.0 Å². The summed E-state index contributed by atoms with van der Waals surface area (Å²) in [6, 6.07) is 3.14. The molecule has 2 rings (SSSR count). The van der Waals surface area contributed by atoms with E-state index in [1.54, 1.807) is 4.90 Å². The molecular formula is C13H12Br2F3NO.